The molecule has 3 amide bonds. The molecule has 1 fully saturated rings. The Bertz CT molecular complexity index is 990. The van der Waals surface area contributed by atoms with Crippen LogP contribution in [0.5, 0.6) is 0 Å². The molecule has 1 atom stereocenters. The van der Waals surface area contributed by atoms with Crippen LogP contribution in [-0.4, -0.2) is 34.9 Å². The van der Waals surface area contributed by atoms with Crippen molar-refractivity contribution in [2.45, 2.75) is 18.9 Å². The number of rotatable bonds is 5. The molecule has 6 nitrogen and oxygen atoms in total. The number of pyridine rings is 1. The van der Waals surface area contributed by atoms with Crippen molar-refractivity contribution in [2.75, 3.05) is 18.4 Å². The van der Waals surface area contributed by atoms with Crippen molar-refractivity contribution < 1.29 is 9.59 Å². The number of hydrogen-bond donors (Lipinski definition) is 2. The standard InChI is InChI=1S/C22H22N4O2/c27-21-11-6-12-26(21)15-20(16-7-2-1-3-8-16)25-22(28)24-18-13-17-9-4-5-10-19(17)23-14-18/h1-5,7-10,13-14,20H,6,11-12,15H2,(H2,24,25,28)/t20-/m1/s1. The number of aromatic nitrogens is 1. The second-order valence-electron chi connectivity index (χ2n) is 6.92. The van der Waals surface area contributed by atoms with Crippen molar-refractivity contribution in [3.63, 3.8) is 0 Å². The van der Waals surface area contributed by atoms with Crippen LogP contribution in [0.3, 0.4) is 0 Å². The highest BCUT2D eigenvalue weighted by molar-refractivity contribution is 5.92. The summed E-state index contributed by atoms with van der Waals surface area (Å²) in [6.45, 7) is 1.20. The molecule has 2 aromatic carbocycles. The number of anilines is 1. The predicted molar refractivity (Wildman–Crippen MR) is 109 cm³/mol. The van der Waals surface area contributed by atoms with Gasteiger partial charge >= 0.3 is 6.03 Å². The molecule has 3 aromatic rings. The molecule has 2 N–H and O–H groups in total. The normalized spacial score (nSPS) is 14.9. The van der Waals surface area contributed by atoms with Gasteiger partial charge in [-0.15, -0.1) is 0 Å². The van der Waals surface area contributed by atoms with Crippen LogP contribution < -0.4 is 10.6 Å². The molecule has 28 heavy (non-hydrogen) atoms. The zero-order valence-electron chi connectivity index (χ0n) is 15.5. The summed E-state index contributed by atoms with van der Waals surface area (Å²) in [6, 6.07) is 18.8. The summed E-state index contributed by atoms with van der Waals surface area (Å²) in [5, 5.41) is 6.82. The van der Waals surface area contributed by atoms with Crippen LogP contribution in [0.15, 0.2) is 66.9 Å². The Morgan fingerprint density at radius 2 is 1.89 bits per heavy atom. The van der Waals surface area contributed by atoms with Gasteiger partial charge in [0.2, 0.25) is 5.91 Å². The second-order valence-corrected chi connectivity index (χ2v) is 6.92. The van der Waals surface area contributed by atoms with Crippen LogP contribution in [-0.2, 0) is 4.79 Å². The van der Waals surface area contributed by atoms with Gasteiger partial charge in [0.1, 0.15) is 0 Å². The average molecular weight is 374 g/mol. The Balaban J connectivity index is 1.48. The molecule has 6 heteroatoms. The topological polar surface area (TPSA) is 74.3 Å². The average Bonchev–Trinajstić information content (AvgIpc) is 3.12. The van der Waals surface area contributed by atoms with Crippen LogP contribution >= 0.6 is 0 Å². The van der Waals surface area contributed by atoms with E-state index in [0.717, 1.165) is 29.4 Å². The molecule has 0 saturated carbocycles. The molecule has 0 unspecified atom stereocenters. The Morgan fingerprint density at radius 1 is 1.11 bits per heavy atom. The third kappa shape index (κ3) is 4.11. The van der Waals surface area contributed by atoms with Gasteiger partial charge < -0.3 is 15.5 Å². The van der Waals surface area contributed by atoms with E-state index in [1.807, 2.05) is 65.6 Å². The third-order valence-corrected chi connectivity index (χ3v) is 4.93. The molecule has 0 spiro atoms. The molecular weight excluding hydrogens is 352 g/mol. The first-order chi connectivity index (χ1) is 13.7. The number of benzene rings is 2. The van der Waals surface area contributed by atoms with Gasteiger partial charge in [-0.1, -0.05) is 48.5 Å². The highest BCUT2D eigenvalue weighted by atomic mass is 16.2. The van der Waals surface area contributed by atoms with E-state index in [1.54, 1.807) is 6.20 Å². The fourth-order valence-electron chi connectivity index (χ4n) is 3.50. The molecule has 1 aromatic heterocycles. The van der Waals surface area contributed by atoms with Gasteiger partial charge in [0.25, 0.3) is 0 Å². The minimum absolute atomic E-state index is 0.141. The molecule has 1 aliphatic heterocycles. The lowest BCUT2D eigenvalue weighted by Crippen LogP contribution is -2.40. The minimum atomic E-state index is -0.322. The van der Waals surface area contributed by atoms with Crippen molar-refractivity contribution in [3.8, 4) is 0 Å². The van der Waals surface area contributed by atoms with Gasteiger partial charge in [-0.25, -0.2) is 4.79 Å². The minimum Gasteiger partial charge on any atom is -0.340 e. The molecule has 142 valence electrons. The summed E-state index contributed by atoms with van der Waals surface area (Å²) < 4.78 is 0. The number of hydrogen-bond acceptors (Lipinski definition) is 3. The van der Waals surface area contributed by atoms with E-state index in [0.29, 0.717) is 18.7 Å². The third-order valence-electron chi connectivity index (χ3n) is 4.93. The van der Waals surface area contributed by atoms with E-state index >= 15 is 0 Å². The summed E-state index contributed by atoms with van der Waals surface area (Å²) in [7, 11) is 0. The van der Waals surface area contributed by atoms with E-state index in [1.165, 1.54) is 0 Å². The zero-order valence-corrected chi connectivity index (χ0v) is 15.5. The largest absolute Gasteiger partial charge is 0.340 e. The van der Waals surface area contributed by atoms with Crippen molar-refractivity contribution in [1.82, 2.24) is 15.2 Å². The summed E-state index contributed by atoms with van der Waals surface area (Å²) in [5.74, 6) is 0.141. The lowest BCUT2D eigenvalue weighted by molar-refractivity contribution is -0.128. The first-order valence-electron chi connectivity index (χ1n) is 9.44. The van der Waals surface area contributed by atoms with Crippen molar-refractivity contribution in [3.05, 3.63) is 72.4 Å². The molecule has 0 bridgehead atoms. The maximum Gasteiger partial charge on any atom is 0.319 e. The maximum absolute atomic E-state index is 12.6. The van der Waals surface area contributed by atoms with Crippen molar-refractivity contribution >= 4 is 28.5 Å². The summed E-state index contributed by atoms with van der Waals surface area (Å²) >= 11 is 0. The van der Waals surface area contributed by atoms with Crippen molar-refractivity contribution in [2.24, 2.45) is 0 Å². The SMILES string of the molecule is O=C(Nc1cnc2ccccc2c1)N[C@H](CN1CCCC1=O)c1ccccc1. The number of carbonyl (C=O) groups excluding carboxylic acids is 2. The predicted octanol–water partition coefficient (Wildman–Crippen LogP) is 3.72. The van der Waals surface area contributed by atoms with E-state index in [9.17, 15) is 9.59 Å². The van der Waals surface area contributed by atoms with E-state index in [-0.39, 0.29) is 18.0 Å². The first-order valence-corrected chi connectivity index (χ1v) is 9.44. The van der Waals surface area contributed by atoms with Gasteiger partial charge in [0, 0.05) is 24.9 Å². The number of likely N-dealkylation sites (tertiary alicyclic amines) is 1. The molecule has 4 rings (SSSR count). The summed E-state index contributed by atoms with van der Waals surface area (Å²) in [5.41, 5.74) is 2.47. The molecule has 1 aliphatic rings. The number of fused-ring (bicyclic) bond motifs is 1. The first kappa shape index (κ1) is 18.0. The molecular formula is C22H22N4O2. The lowest BCUT2D eigenvalue weighted by atomic mass is 10.1. The van der Waals surface area contributed by atoms with Gasteiger partial charge in [0.05, 0.1) is 23.4 Å². The number of nitrogens with one attached hydrogen (secondary N) is 2. The van der Waals surface area contributed by atoms with E-state index in [2.05, 4.69) is 15.6 Å². The van der Waals surface area contributed by atoms with E-state index < -0.39 is 0 Å². The molecule has 0 aliphatic carbocycles. The van der Waals surface area contributed by atoms with Crippen LogP contribution in [0.1, 0.15) is 24.4 Å². The lowest BCUT2D eigenvalue weighted by Gasteiger charge is -2.25. The van der Waals surface area contributed by atoms with Gasteiger partial charge in [-0.2, -0.15) is 0 Å². The Labute approximate surface area is 163 Å². The molecule has 2 heterocycles. The van der Waals surface area contributed by atoms with Crippen LogP contribution in [0.2, 0.25) is 0 Å². The Morgan fingerprint density at radius 3 is 2.68 bits per heavy atom. The maximum atomic E-state index is 12.6. The highest BCUT2D eigenvalue weighted by Crippen LogP contribution is 2.20. The number of para-hydroxylation sites is 1. The fourth-order valence-corrected chi connectivity index (χ4v) is 3.50. The molecule has 1 saturated heterocycles. The van der Waals surface area contributed by atoms with Crippen LogP contribution in [0.4, 0.5) is 10.5 Å². The zero-order chi connectivity index (χ0) is 19.3. The second kappa shape index (κ2) is 8.08. The number of nitrogens with zero attached hydrogens (tertiary/aromatic N) is 2. The summed E-state index contributed by atoms with van der Waals surface area (Å²) in [6.07, 6.45) is 3.09. The number of amides is 3. The summed E-state index contributed by atoms with van der Waals surface area (Å²) in [4.78, 5) is 30.9. The quantitative estimate of drug-likeness (QED) is 0.715. The van der Waals surface area contributed by atoms with Crippen molar-refractivity contribution in [1.29, 1.82) is 0 Å². The van der Waals surface area contributed by atoms with Gasteiger partial charge in [-0.3, -0.25) is 9.78 Å². The smallest absolute Gasteiger partial charge is 0.319 e. The number of carbonyl (C=O) groups is 2. The Hall–Kier alpha value is -3.41. The van der Waals surface area contributed by atoms with Crippen LogP contribution in [0.25, 0.3) is 10.9 Å². The number of urea groups is 1. The van der Waals surface area contributed by atoms with Crippen LogP contribution in [0, 0.1) is 0 Å². The molecule has 0 radical (unpaired) electrons. The van der Waals surface area contributed by atoms with Gasteiger partial charge in [0.15, 0.2) is 0 Å². The highest BCUT2D eigenvalue weighted by Gasteiger charge is 2.25. The Kier molecular flexibility index (Phi) is 5.19. The monoisotopic (exact) mass is 374 g/mol. The van der Waals surface area contributed by atoms with E-state index in [4.69, 9.17) is 0 Å². The van der Waals surface area contributed by atoms with Gasteiger partial charge in [-0.05, 0) is 24.1 Å². The fraction of sp³-hybridized carbons (Fsp3) is 0.227.